The summed E-state index contributed by atoms with van der Waals surface area (Å²) in [4.78, 5) is 11.2. The summed E-state index contributed by atoms with van der Waals surface area (Å²) in [6.45, 7) is 6.25. The number of aryl methyl sites for hydroxylation is 1. The van der Waals surface area contributed by atoms with E-state index in [4.69, 9.17) is 5.73 Å². The van der Waals surface area contributed by atoms with Crippen molar-refractivity contribution in [2.45, 2.75) is 45.1 Å². The van der Waals surface area contributed by atoms with Crippen molar-refractivity contribution in [3.8, 4) is 0 Å². The molecule has 1 aliphatic heterocycles. The quantitative estimate of drug-likeness (QED) is 0.860. The molecule has 0 saturated carbocycles. The van der Waals surface area contributed by atoms with Crippen molar-refractivity contribution in [1.29, 1.82) is 0 Å². The first kappa shape index (κ1) is 11.9. The molecule has 1 fully saturated rings. The molecule has 2 heterocycles. The molecule has 0 bridgehead atoms. The number of nitrogens with zero attached hydrogens (tertiary/aromatic N) is 3. The van der Waals surface area contributed by atoms with Crippen molar-refractivity contribution in [2.75, 3.05) is 18.0 Å². The molecular formula is C14H22N4. The molecule has 0 radical (unpaired) electrons. The lowest BCUT2D eigenvalue weighted by molar-refractivity contribution is 0.243. The van der Waals surface area contributed by atoms with Gasteiger partial charge >= 0.3 is 0 Å². The van der Waals surface area contributed by atoms with Gasteiger partial charge < -0.3 is 10.6 Å². The molecule has 1 aromatic rings. The summed E-state index contributed by atoms with van der Waals surface area (Å²) in [6, 6.07) is 0. The summed E-state index contributed by atoms with van der Waals surface area (Å²) in [7, 11) is 0. The van der Waals surface area contributed by atoms with Crippen molar-refractivity contribution in [3.63, 3.8) is 0 Å². The second-order valence-corrected chi connectivity index (χ2v) is 6.07. The van der Waals surface area contributed by atoms with Gasteiger partial charge in [-0.2, -0.15) is 0 Å². The van der Waals surface area contributed by atoms with Crippen LogP contribution in [-0.4, -0.2) is 28.6 Å². The molecular weight excluding hydrogens is 224 g/mol. The minimum absolute atomic E-state index is 0.0352. The molecule has 0 amide bonds. The maximum Gasteiger partial charge on any atom is 0.135 e. The van der Waals surface area contributed by atoms with Gasteiger partial charge in [0.15, 0.2) is 0 Å². The summed E-state index contributed by atoms with van der Waals surface area (Å²) < 4.78 is 0. The number of hydrogen-bond donors (Lipinski definition) is 1. The maximum absolute atomic E-state index is 6.36. The van der Waals surface area contributed by atoms with E-state index < -0.39 is 0 Å². The largest absolute Gasteiger partial charge is 0.352 e. The van der Waals surface area contributed by atoms with Crippen molar-refractivity contribution in [3.05, 3.63) is 17.6 Å². The van der Waals surface area contributed by atoms with E-state index >= 15 is 0 Å². The third-order valence-electron chi connectivity index (χ3n) is 4.52. The Morgan fingerprint density at radius 1 is 1.22 bits per heavy atom. The van der Waals surface area contributed by atoms with Gasteiger partial charge in [-0.05, 0) is 31.6 Å². The number of hydrogen-bond acceptors (Lipinski definition) is 4. The number of aromatic nitrogens is 2. The van der Waals surface area contributed by atoms with Gasteiger partial charge in [0, 0.05) is 24.3 Å². The molecule has 1 aliphatic carbocycles. The van der Waals surface area contributed by atoms with E-state index in [9.17, 15) is 0 Å². The van der Waals surface area contributed by atoms with Crippen molar-refractivity contribution >= 4 is 5.82 Å². The highest BCUT2D eigenvalue weighted by atomic mass is 15.3. The Morgan fingerprint density at radius 2 is 1.94 bits per heavy atom. The Labute approximate surface area is 109 Å². The fourth-order valence-electron chi connectivity index (χ4n) is 2.96. The number of fused-ring (bicyclic) bond motifs is 1. The van der Waals surface area contributed by atoms with Crippen LogP contribution in [0.1, 0.15) is 37.9 Å². The third-order valence-corrected chi connectivity index (χ3v) is 4.52. The van der Waals surface area contributed by atoms with E-state index in [1.807, 2.05) is 0 Å². The highest BCUT2D eigenvalue weighted by molar-refractivity contribution is 5.53. The van der Waals surface area contributed by atoms with Gasteiger partial charge in [-0.15, -0.1) is 0 Å². The zero-order valence-electron chi connectivity index (χ0n) is 11.3. The van der Waals surface area contributed by atoms with Crippen molar-refractivity contribution < 1.29 is 0 Å². The van der Waals surface area contributed by atoms with Crippen molar-refractivity contribution in [1.82, 2.24) is 9.97 Å². The Morgan fingerprint density at radius 3 is 2.67 bits per heavy atom. The van der Waals surface area contributed by atoms with Crippen LogP contribution in [0.2, 0.25) is 0 Å². The Balaban J connectivity index is 1.83. The van der Waals surface area contributed by atoms with E-state index in [1.54, 1.807) is 6.33 Å². The van der Waals surface area contributed by atoms with E-state index in [2.05, 4.69) is 28.7 Å². The predicted octanol–water partition coefficient (Wildman–Crippen LogP) is 1.53. The molecule has 0 atom stereocenters. The second kappa shape index (κ2) is 4.19. The topological polar surface area (TPSA) is 55.0 Å². The molecule has 0 unspecified atom stereocenters. The fraction of sp³-hybridized carbons (Fsp3) is 0.714. The average molecular weight is 246 g/mol. The standard InChI is InChI=1S/C14H22N4/c1-10(2)14(15)7-18(8-14)13-11-5-3-4-6-12(11)16-9-17-13/h9-10H,3-8,15H2,1-2H3. The monoisotopic (exact) mass is 246 g/mol. The van der Waals surface area contributed by atoms with E-state index in [1.165, 1.54) is 24.1 Å². The maximum atomic E-state index is 6.36. The van der Waals surface area contributed by atoms with Crippen LogP contribution in [0.4, 0.5) is 5.82 Å². The smallest absolute Gasteiger partial charge is 0.135 e. The highest BCUT2D eigenvalue weighted by Crippen LogP contribution is 2.34. The molecule has 98 valence electrons. The molecule has 0 spiro atoms. The van der Waals surface area contributed by atoms with Crippen LogP contribution < -0.4 is 10.6 Å². The molecule has 4 heteroatoms. The zero-order valence-corrected chi connectivity index (χ0v) is 11.3. The SMILES string of the molecule is CC(C)C1(N)CN(c2ncnc3c2CCCC3)C1. The van der Waals surface area contributed by atoms with Crippen LogP contribution in [0.15, 0.2) is 6.33 Å². The number of anilines is 1. The van der Waals surface area contributed by atoms with Gasteiger partial charge in [0.1, 0.15) is 12.1 Å². The lowest BCUT2D eigenvalue weighted by Gasteiger charge is -2.51. The van der Waals surface area contributed by atoms with Gasteiger partial charge in [-0.3, -0.25) is 0 Å². The van der Waals surface area contributed by atoms with Gasteiger partial charge in [0.25, 0.3) is 0 Å². The van der Waals surface area contributed by atoms with Gasteiger partial charge in [0.05, 0.1) is 5.54 Å². The normalized spacial score (nSPS) is 21.7. The van der Waals surface area contributed by atoms with Crippen LogP contribution in [0.5, 0.6) is 0 Å². The molecule has 2 aliphatic rings. The first-order chi connectivity index (χ1) is 8.60. The molecule has 3 rings (SSSR count). The van der Waals surface area contributed by atoms with E-state index in [0.717, 1.165) is 31.7 Å². The first-order valence-electron chi connectivity index (χ1n) is 6.97. The van der Waals surface area contributed by atoms with E-state index in [-0.39, 0.29) is 5.54 Å². The van der Waals surface area contributed by atoms with Crippen LogP contribution in [-0.2, 0) is 12.8 Å². The fourth-order valence-corrected chi connectivity index (χ4v) is 2.96. The summed E-state index contributed by atoms with van der Waals surface area (Å²) >= 11 is 0. The zero-order chi connectivity index (χ0) is 12.8. The predicted molar refractivity (Wildman–Crippen MR) is 72.6 cm³/mol. The summed E-state index contributed by atoms with van der Waals surface area (Å²) in [6.07, 6.45) is 6.47. The van der Waals surface area contributed by atoms with Gasteiger partial charge in [-0.1, -0.05) is 13.8 Å². The molecule has 4 nitrogen and oxygen atoms in total. The van der Waals surface area contributed by atoms with Gasteiger partial charge in [-0.25, -0.2) is 9.97 Å². The lowest BCUT2D eigenvalue weighted by atomic mass is 9.80. The Kier molecular flexibility index (Phi) is 2.77. The van der Waals surface area contributed by atoms with Gasteiger partial charge in [0.2, 0.25) is 0 Å². The van der Waals surface area contributed by atoms with E-state index in [0.29, 0.717) is 5.92 Å². The number of rotatable bonds is 2. The average Bonchev–Trinajstić information content (AvgIpc) is 2.34. The van der Waals surface area contributed by atoms with Crippen LogP contribution in [0.3, 0.4) is 0 Å². The first-order valence-corrected chi connectivity index (χ1v) is 6.97. The third kappa shape index (κ3) is 1.79. The minimum atomic E-state index is -0.0352. The molecule has 0 aromatic carbocycles. The molecule has 1 aromatic heterocycles. The molecule has 1 saturated heterocycles. The summed E-state index contributed by atoms with van der Waals surface area (Å²) in [5, 5.41) is 0. The molecule has 2 N–H and O–H groups in total. The van der Waals surface area contributed by atoms with Crippen molar-refractivity contribution in [2.24, 2.45) is 11.7 Å². The lowest BCUT2D eigenvalue weighted by Crippen LogP contribution is -2.70. The summed E-state index contributed by atoms with van der Waals surface area (Å²) in [5.41, 5.74) is 8.95. The number of nitrogens with two attached hydrogens (primary N) is 1. The second-order valence-electron chi connectivity index (χ2n) is 6.07. The Hall–Kier alpha value is -1.16. The van der Waals surface area contributed by atoms with Crippen LogP contribution in [0, 0.1) is 5.92 Å². The molecule has 18 heavy (non-hydrogen) atoms. The minimum Gasteiger partial charge on any atom is -0.352 e. The van der Waals surface area contributed by atoms with Crippen LogP contribution >= 0.6 is 0 Å². The summed E-state index contributed by atoms with van der Waals surface area (Å²) in [5.74, 6) is 1.66. The van der Waals surface area contributed by atoms with Crippen LogP contribution in [0.25, 0.3) is 0 Å². The Bertz CT molecular complexity index is 449. The highest BCUT2D eigenvalue weighted by Gasteiger charge is 2.43.